The van der Waals surface area contributed by atoms with Crippen LogP contribution in [0, 0.1) is 13.8 Å². The molecule has 16 heavy (non-hydrogen) atoms. The standard InChI is InChI=1S/C14H21NO/c1-9-10(2)13-11(8-12(9)15-5)6-7-14(3,4)16-13/h8,15H,6-7H2,1-5H3. The second kappa shape index (κ2) is 3.69. The minimum absolute atomic E-state index is 0.0225. The predicted octanol–water partition coefficient (Wildman–Crippen LogP) is 3.45. The molecule has 0 aliphatic carbocycles. The number of aryl methyl sites for hydroxylation is 1. The fourth-order valence-electron chi connectivity index (χ4n) is 2.31. The van der Waals surface area contributed by atoms with Gasteiger partial charge in [-0.25, -0.2) is 0 Å². The van der Waals surface area contributed by atoms with Gasteiger partial charge in [-0.15, -0.1) is 0 Å². The number of hydrogen-bond acceptors (Lipinski definition) is 2. The number of hydrogen-bond donors (Lipinski definition) is 1. The first kappa shape index (κ1) is 11.3. The van der Waals surface area contributed by atoms with Gasteiger partial charge >= 0.3 is 0 Å². The third-order valence-electron chi connectivity index (χ3n) is 3.56. The maximum atomic E-state index is 6.10. The van der Waals surface area contributed by atoms with Crippen LogP contribution in [0.25, 0.3) is 0 Å². The maximum Gasteiger partial charge on any atom is 0.126 e. The lowest BCUT2D eigenvalue weighted by Gasteiger charge is -2.34. The summed E-state index contributed by atoms with van der Waals surface area (Å²) in [6, 6.07) is 2.23. The summed E-state index contributed by atoms with van der Waals surface area (Å²) in [6.45, 7) is 8.62. The first-order valence-corrected chi connectivity index (χ1v) is 5.94. The van der Waals surface area contributed by atoms with Crippen molar-refractivity contribution in [2.45, 2.75) is 46.1 Å². The van der Waals surface area contributed by atoms with E-state index in [1.165, 1.54) is 22.4 Å². The Morgan fingerprint density at radius 1 is 1.25 bits per heavy atom. The van der Waals surface area contributed by atoms with Crippen LogP contribution in [0.5, 0.6) is 5.75 Å². The number of rotatable bonds is 1. The van der Waals surface area contributed by atoms with Crippen molar-refractivity contribution in [3.8, 4) is 5.75 Å². The normalized spacial score (nSPS) is 17.6. The molecule has 0 saturated heterocycles. The second-order valence-corrected chi connectivity index (χ2v) is 5.27. The minimum Gasteiger partial charge on any atom is -0.487 e. The molecule has 1 aromatic carbocycles. The van der Waals surface area contributed by atoms with Gasteiger partial charge in [0.1, 0.15) is 11.4 Å². The van der Waals surface area contributed by atoms with Gasteiger partial charge in [-0.1, -0.05) is 0 Å². The van der Waals surface area contributed by atoms with Crippen LogP contribution in [-0.2, 0) is 6.42 Å². The Kier molecular flexibility index (Phi) is 2.61. The van der Waals surface area contributed by atoms with E-state index in [0.717, 1.165) is 18.6 Å². The second-order valence-electron chi connectivity index (χ2n) is 5.27. The lowest BCUT2D eigenvalue weighted by molar-refractivity contribution is 0.0837. The number of benzene rings is 1. The van der Waals surface area contributed by atoms with Crippen LogP contribution in [0.1, 0.15) is 37.0 Å². The van der Waals surface area contributed by atoms with Gasteiger partial charge in [-0.05, 0) is 63.3 Å². The van der Waals surface area contributed by atoms with Crippen LogP contribution < -0.4 is 10.1 Å². The van der Waals surface area contributed by atoms with Crippen molar-refractivity contribution in [3.05, 3.63) is 22.8 Å². The van der Waals surface area contributed by atoms with Crippen molar-refractivity contribution in [1.29, 1.82) is 0 Å². The maximum absolute atomic E-state index is 6.10. The number of fused-ring (bicyclic) bond motifs is 1. The lowest BCUT2D eigenvalue weighted by atomic mass is 9.91. The average molecular weight is 219 g/mol. The average Bonchev–Trinajstić information content (AvgIpc) is 2.23. The molecule has 1 N–H and O–H groups in total. The number of anilines is 1. The molecule has 0 fully saturated rings. The molecule has 2 nitrogen and oxygen atoms in total. The van der Waals surface area contributed by atoms with Gasteiger partial charge in [-0.2, -0.15) is 0 Å². The van der Waals surface area contributed by atoms with E-state index in [2.05, 4.69) is 39.1 Å². The van der Waals surface area contributed by atoms with E-state index in [0.29, 0.717) is 0 Å². The highest BCUT2D eigenvalue weighted by Gasteiger charge is 2.28. The van der Waals surface area contributed by atoms with Gasteiger partial charge in [0.25, 0.3) is 0 Å². The highest BCUT2D eigenvalue weighted by molar-refractivity contribution is 5.62. The smallest absolute Gasteiger partial charge is 0.126 e. The molecule has 0 saturated carbocycles. The van der Waals surface area contributed by atoms with E-state index >= 15 is 0 Å². The zero-order chi connectivity index (χ0) is 11.9. The van der Waals surface area contributed by atoms with E-state index in [4.69, 9.17) is 4.74 Å². The molecule has 0 amide bonds. The lowest BCUT2D eigenvalue weighted by Crippen LogP contribution is -2.33. The Balaban J connectivity index is 2.53. The zero-order valence-corrected chi connectivity index (χ0v) is 10.9. The highest BCUT2D eigenvalue weighted by Crippen LogP contribution is 2.39. The molecule has 1 aliphatic heterocycles. The molecule has 0 aromatic heterocycles. The van der Waals surface area contributed by atoms with E-state index in [9.17, 15) is 0 Å². The largest absolute Gasteiger partial charge is 0.487 e. The zero-order valence-electron chi connectivity index (χ0n) is 10.9. The Morgan fingerprint density at radius 3 is 2.56 bits per heavy atom. The number of ether oxygens (including phenoxy) is 1. The van der Waals surface area contributed by atoms with Crippen LogP contribution in [-0.4, -0.2) is 12.6 Å². The fourth-order valence-corrected chi connectivity index (χ4v) is 2.31. The highest BCUT2D eigenvalue weighted by atomic mass is 16.5. The third-order valence-corrected chi connectivity index (χ3v) is 3.56. The number of nitrogens with one attached hydrogen (secondary N) is 1. The predicted molar refractivity (Wildman–Crippen MR) is 68.5 cm³/mol. The summed E-state index contributed by atoms with van der Waals surface area (Å²) < 4.78 is 6.10. The molecule has 0 spiro atoms. The SMILES string of the molecule is CNc1cc2c(c(C)c1C)OC(C)(C)CC2. The molecule has 0 bridgehead atoms. The Morgan fingerprint density at radius 2 is 1.94 bits per heavy atom. The Labute approximate surface area is 98.0 Å². The molecule has 1 aliphatic rings. The third kappa shape index (κ3) is 1.77. The van der Waals surface area contributed by atoms with Crippen molar-refractivity contribution >= 4 is 5.69 Å². The van der Waals surface area contributed by atoms with Crippen LogP contribution in [0.4, 0.5) is 5.69 Å². The Bertz CT molecular complexity index is 421. The van der Waals surface area contributed by atoms with Crippen molar-refractivity contribution in [2.75, 3.05) is 12.4 Å². The van der Waals surface area contributed by atoms with Crippen LogP contribution >= 0.6 is 0 Å². The van der Waals surface area contributed by atoms with Gasteiger partial charge in [0.2, 0.25) is 0 Å². The van der Waals surface area contributed by atoms with Crippen molar-refractivity contribution in [3.63, 3.8) is 0 Å². The summed E-state index contributed by atoms with van der Waals surface area (Å²) in [4.78, 5) is 0. The summed E-state index contributed by atoms with van der Waals surface area (Å²) in [5, 5.41) is 3.25. The summed E-state index contributed by atoms with van der Waals surface area (Å²) in [6.07, 6.45) is 2.20. The quantitative estimate of drug-likeness (QED) is 0.781. The summed E-state index contributed by atoms with van der Waals surface area (Å²) in [5.41, 5.74) is 5.10. The molecular weight excluding hydrogens is 198 g/mol. The van der Waals surface area contributed by atoms with Crippen molar-refractivity contribution in [1.82, 2.24) is 0 Å². The molecule has 0 radical (unpaired) electrons. The molecular formula is C14H21NO. The molecule has 2 rings (SSSR count). The van der Waals surface area contributed by atoms with Crippen LogP contribution in [0.2, 0.25) is 0 Å². The molecule has 0 unspecified atom stereocenters. The Hall–Kier alpha value is -1.18. The van der Waals surface area contributed by atoms with Crippen LogP contribution in [0.3, 0.4) is 0 Å². The monoisotopic (exact) mass is 219 g/mol. The van der Waals surface area contributed by atoms with Gasteiger partial charge < -0.3 is 10.1 Å². The first-order chi connectivity index (χ1) is 7.44. The van der Waals surface area contributed by atoms with E-state index in [1.54, 1.807) is 0 Å². The summed E-state index contributed by atoms with van der Waals surface area (Å²) in [7, 11) is 1.97. The molecule has 0 atom stereocenters. The van der Waals surface area contributed by atoms with Gasteiger partial charge in [-0.3, -0.25) is 0 Å². The van der Waals surface area contributed by atoms with Gasteiger partial charge in [0.05, 0.1) is 0 Å². The van der Waals surface area contributed by atoms with Crippen molar-refractivity contribution in [2.24, 2.45) is 0 Å². The van der Waals surface area contributed by atoms with E-state index < -0.39 is 0 Å². The van der Waals surface area contributed by atoms with Gasteiger partial charge in [0, 0.05) is 12.7 Å². The first-order valence-electron chi connectivity index (χ1n) is 5.94. The molecule has 1 aromatic rings. The molecule has 2 heteroatoms. The minimum atomic E-state index is -0.0225. The van der Waals surface area contributed by atoms with Crippen molar-refractivity contribution < 1.29 is 4.74 Å². The summed E-state index contributed by atoms with van der Waals surface area (Å²) in [5.74, 6) is 1.10. The fraction of sp³-hybridized carbons (Fsp3) is 0.571. The van der Waals surface area contributed by atoms with E-state index in [1.807, 2.05) is 7.05 Å². The topological polar surface area (TPSA) is 21.3 Å². The molecule has 1 heterocycles. The molecule has 88 valence electrons. The summed E-state index contributed by atoms with van der Waals surface area (Å²) >= 11 is 0. The van der Waals surface area contributed by atoms with E-state index in [-0.39, 0.29) is 5.60 Å². The van der Waals surface area contributed by atoms with Crippen LogP contribution in [0.15, 0.2) is 6.07 Å². The van der Waals surface area contributed by atoms with Gasteiger partial charge in [0.15, 0.2) is 0 Å².